The van der Waals surface area contributed by atoms with Crippen molar-refractivity contribution >= 4 is 80.0 Å². The highest BCUT2D eigenvalue weighted by atomic mass is 15.1. The summed E-state index contributed by atoms with van der Waals surface area (Å²) in [6.45, 7) is 23.9. The van der Waals surface area contributed by atoms with Crippen LogP contribution in [0, 0.1) is 0 Å². The smallest absolute Gasteiger partial charge is 0.0468 e. The van der Waals surface area contributed by atoms with E-state index in [1.165, 1.54) is 166 Å². The lowest BCUT2D eigenvalue weighted by Crippen LogP contribution is -2.18. The molecule has 0 radical (unpaired) electrons. The first-order valence-corrected chi connectivity index (χ1v) is 36.1. The molecule has 0 amide bonds. The SMILES string of the molecule is CC1(C)c2cc(/C=C/c3ccc4c(c3)C(C)(C)c3cc(N(c5ccc6c(c5)C(C)(C)c5ccccc5-6)c5ccc6ccccc6c5)ccc3-4)ccc2-c2ccc(/C=C/c3ccc4c(c3)C(C)(C)c3cc(N(c5ccc6c(c5)C(C)(C)c5ccccc5-6)c5ccc6ccccc6c5)ccc3-4)cc21. The third-order valence-corrected chi connectivity index (χ3v) is 24.2. The molecule has 5 aliphatic carbocycles. The number of anilines is 6. The third kappa shape index (κ3) is 9.23. The largest absolute Gasteiger partial charge is 0.310 e. The fraction of sp³-hybridized carbons (Fsp3) is 0.152. The highest BCUT2D eigenvalue weighted by Gasteiger charge is 2.42. The molecule has 2 nitrogen and oxygen atoms in total. The van der Waals surface area contributed by atoms with Gasteiger partial charge < -0.3 is 9.80 Å². The molecule has 0 atom stereocenters. The Morgan fingerprint density at radius 3 is 0.683 bits per heavy atom. The van der Waals surface area contributed by atoms with Gasteiger partial charge in [0.15, 0.2) is 0 Å². The van der Waals surface area contributed by atoms with Crippen molar-refractivity contribution in [3.8, 4) is 55.6 Å². The Kier molecular flexibility index (Phi) is 13.2. The number of benzene rings is 14. The summed E-state index contributed by atoms with van der Waals surface area (Å²) in [4.78, 5) is 4.96. The quantitative estimate of drug-likeness (QED) is 0.126. The van der Waals surface area contributed by atoms with Gasteiger partial charge in [-0.25, -0.2) is 0 Å². The van der Waals surface area contributed by atoms with E-state index in [1.807, 2.05) is 0 Å². The molecule has 2 heteroatoms. The first kappa shape index (κ1) is 60.8. The summed E-state index contributed by atoms with van der Waals surface area (Å²) in [6, 6.07) is 106. The van der Waals surface area contributed by atoms with Crippen molar-refractivity contribution < 1.29 is 0 Å². The summed E-state index contributed by atoms with van der Waals surface area (Å²) in [5.41, 5.74) is 37.8. The van der Waals surface area contributed by atoms with Crippen LogP contribution in [0.2, 0.25) is 0 Å². The van der Waals surface area contributed by atoms with E-state index >= 15 is 0 Å². The van der Waals surface area contributed by atoms with Crippen molar-refractivity contribution in [1.82, 2.24) is 0 Å². The van der Waals surface area contributed by atoms with Crippen LogP contribution >= 0.6 is 0 Å². The lowest BCUT2D eigenvalue weighted by atomic mass is 9.81. The van der Waals surface area contributed by atoms with Gasteiger partial charge >= 0.3 is 0 Å². The molecule has 486 valence electrons. The maximum atomic E-state index is 2.48. The van der Waals surface area contributed by atoms with Gasteiger partial charge in [-0.2, -0.15) is 0 Å². The van der Waals surface area contributed by atoms with Crippen LogP contribution in [0.5, 0.6) is 0 Å². The number of hydrogen-bond donors (Lipinski definition) is 0. The second-order valence-electron chi connectivity index (χ2n) is 31.8. The summed E-state index contributed by atoms with van der Waals surface area (Å²) < 4.78 is 0. The average molecular weight is 1300 g/mol. The summed E-state index contributed by atoms with van der Waals surface area (Å²) >= 11 is 0. The van der Waals surface area contributed by atoms with Crippen LogP contribution in [0.4, 0.5) is 34.1 Å². The number of fused-ring (bicyclic) bond motifs is 17. The predicted octanol–water partition coefficient (Wildman–Crippen LogP) is 26.8. The molecule has 0 unspecified atom stereocenters. The molecule has 101 heavy (non-hydrogen) atoms. The van der Waals surface area contributed by atoms with E-state index in [0.717, 1.165) is 22.7 Å². The number of rotatable bonds is 10. The molecular weight excluding hydrogens is 1220 g/mol. The van der Waals surface area contributed by atoms with Crippen LogP contribution in [0.25, 0.3) is 101 Å². The van der Waals surface area contributed by atoms with Gasteiger partial charge in [-0.1, -0.05) is 300 Å². The van der Waals surface area contributed by atoms with Gasteiger partial charge in [0, 0.05) is 61.2 Å². The standard InChI is InChI=1S/C99H80N2/c1-95(2)85-25-17-15-23-75(85)81-47-39-71(57-91(81)95)100(69-37-35-65-19-11-13-21-67(65)55-69)73-41-49-83-79-45-33-63(53-89(79)98(7,8)93(83)59-73)29-27-61-31-43-77-78-44-32-62(52-88(78)97(5,6)87(77)51-61)28-30-64-34-46-80-84-50-42-74(60-94(84)99(9,10)90(80)54-64)101(70-38-36-66-20-12-14-22-68(66)56-70)72-40-48-82-76-24-16-18-26-86(76)96(3,4)92(82)58-72/h11-60H,1-10H3/b29-27+,30-28+. The molecule has 0 spiro atoms. The molecule has 5 aliphatic rings. The lowest BCUT2D eigenvalue weighted by Gasteiger charge is -2.30. The van der Waals surface area contributed by atoms with Crippen LogP contribution in [0.15, 0.2) is 279 Å². The minimum Gasteiger partial charge on any atom is -0.310 e. The summed E-state index contributed by atoms with van der Waals surface area (Å²) in [5, 5.41) is 4.94. The molecule has 14 aromatic carbocycles. The zero-order valence-corrected chi connectivity index (χ0v) is 59.3. The van der Waals surface area contributed by atoms with E-state index in [0.29, 0.717) is 0 Å². The van der Waals surface area contributed by atoms with Crippen LogP contribution < -0.4 is 9.80 Å². The molecule has 0 saturated heterocycles. The van der Waals surface area contributed by atoms with E-state index in [1.54, 1.807) is 0 Å². The Bertz CT molecular complexity index is 5590. The molecule has 0 aromatic heterocycles. The Hall–Kier alpha value is -11.3. The molecule has 0 fully saturated rings. The van der Waals surface area contributed by atoms with Crippen LogP contribution in [-0.2, 0) is 27.1 Å². The third-order valence-electron chi connectivity index (χ3n) is 24.2. The molecule has 0 bridgehead atoms. The van der Waals surface area contributed by atoms with E-state index in [2.05, 4.69) is 382 Å². The van der Waals surface area contributed by atoms with Gasteiger partial charge in [0.1, 0.15) is 0 Å². The van der Waals surface area contributed by atoms with Crippen LogP contribution in [0.3, 0.4) is 0 Å². The van der Waals surface area contributed by atoms with E-state index < -0.39 is 0 Å². The zero-order valence-electron chi connectivity index (χ0n) is 59.3. The molecule has 0 N–H and O–H groups in total. The van der Waals surface area contributed by atoms with Crippen LogP contribution in [-0.4, -0.2) is 0 Å². The minimum atomic E-state index is -0.227. The van der Waals surface area contributed by atoms with Crippen LogP contribution in [0.1, 0.15) is 147 Å². The highest BCUT2D eigenvalue weighted by molar-refractivity contribution is 5.96. The summed E-state index contributed by atoms with van der Waals surface area (Å²) in [7, 11) is 0. The van der Waals surface area contributed by atoms with Crippen molar-refractivity contribution in [3.05, 3.63) is 357 Å². The topological polar surface area (TPSA) is 6.48 Å². The summed E-state index contributed by atoms with van der Waals surface area (Å²) in [5.74, 6) is 0. The van der Waals surface area contributed by atoms with Crippen molar-refractivity contribution in [2.75, 3.05) is 9.80 Å². The molecule has 19 rings (SSSR count). The fourth-order valence-corrected chi connectivity index (χ4v) is 18.5. The van der Waals surface area contributed by atoms with Crippen molar-refractivity contribution in [2.24, 2.45) is 0 Å². The normalized spacial score (nSPS) is 15.7. The molecular formula is C99H80N2. The van der Waals surface area contributed by atoms with Gasteiger partial charge in [-0.15, -0.1) is 0 Å². The molecule has 14 aromatic rings. The molecule has 0 aliphatic heterocycles. The van der Waals surface area contributed by atoms with Crippen molar-refractivity contribution in [2.45, 2.75) is 96.3 Å². The van der Waals surface area contributed by atoms with Crippen molar-refractivity contribution in [3.63, 3.8) is 0 Å². The Morgan fingerprint density at radius 2 is 0.386 bits per heavy atom. The van der Waals surface area contributed by atoms with Gasteiger partial charge in [0.05, 0.1) is 0 Å². The van der Waals surface area contributed by atoms with Gasteiger partial charge in [0.2, 0.25) is 0 Å². The monoisotopic (exact) mass is 1300 g/mol. The lowest BCUT2D eigenvalue weighted by molar-refractivity contribution is 0.659. The number of nitrogens with zero attached hydrogens (tertiary/aromatic N) is 2. The van der Waals surface area contributed by atoms with E-state index in [4.69, 9.17) is 0 Å². The first-order valence-electron chi connectivity index (χ1n) is 36.1. The van der Waals surface area contributed by atoms with Gasteiger partial charge in [0.25, 0.3) is 0 Å². The Balaban J connectivity index is 0.576. The molecule has 0 saturated carbocycles. The maximum absolute atomic E-state index is 2.48. The minimum absolute atomic E-state index is 0.117. The fourth-order valence-electron chi connectivity index (χ4n) is 18.5. The maximum Gasteiger partial charge on any atom is 0.0468 e. The predicted molar refractivity (Wildman–Crippen MR) is 429 cm³/mol. The average Bonchev–Trinajstić information content (AvgIpc) is 1.61. The van der Waals surface area contributed by atoms with Gasteiger partial charge in [-0.3, -0.25) is 0 Å². The Labute approximate surface area is 594 Å². The highest BCUT2D eigenvalue weighted by Crippen LogP contribution is 2.57. The van der Waals surface area contributed by atoms with Crippen molar-refractivity contribution in [1.29, 1.82) is 0 Å². The summed E-state index contributed by atoms with van der Waals surface area (Å²) in [6.07, 6.45) is 9.25. The van der Waals surface area contributed by atoms with E-state index in [9.17, 15) is 0 Å². The second kappa shape index (κ2) is 21.8. The first-order chi connectivity index (χ1) is 48.8. The Morgan fingerprint density at radius 1 is 0.178 bits per heavy atom. The second-order valence-corrected chi connectivity index (χ2v) is 31.8. The zero-order chi connectivity index (χ0) is 68.6. The van der Waals surface area contributed by atoms with E-state index in [-0.39, 0.29) is 27.1 Å². The molecule has 0 heterocycles. The van der Waals surface area contributed by atoms with Gasteiger partial charge in [-0.05, 0) is 228 Å². The number of hydrogen-bond acceptors (Lipinski definition) is 2.